The molecule has 2 aliphatic heterocycles. The molecule has 2 aliphatic rings. The highest BCUT2D eigenvalue weighted by atomic mass is 16.3. The lowest BCUT2D eigenvalue weighted by molar-refractivity contribution is -0.134. The predicted molar refractivity (Wildman–Crippen MR) is 91.7 cm³/mol. The third-order valence-electron chi connectivity index (χ3n) is 4.96. The van der Waals surface area contributed by atoms with Gasteiger partial charge in [-0.25, -0.2) is 0 Å². The topological polar surface area (TPSA) is 47.0 Å². The van der Waals surface area contributed by atoms with Gasteiger partial charge in [-0.05, 0) is 43.0 Å². The molecular weight excluding hydrogens is 290 g/mol. The number of hydrogen-bond acceptors (Lipinski definition) is 4. The second kappa shape index (κ2) is 7.21. The van der Waals surface area contributed by atoms with Gasteiger partial charge in [0.2, 0.25) is 5.91 Å². The largest absolute Gasteiger partial charge is 0.508 e. The number of carbonyl (C=O) groups is 1. The number of piperazine rings is 1. The first-order chi connectivity index (χ1) is 11.1. The quantitative estimate of drug-likeness (QED) is 0.923. The number of phenols is 1. The zero-order valence-electron chi connectivity index (χ0n) is 13.9. The summed E-state index contributed by atoms with van der Waals surface area (Å²) in [5.74, 6) is 1.22. The fourth-order valence-corrected chi connectivity index (χ4v) is 3.53. The Labute approximate surface area is 138 Å². The summed E-state index contributed by atoms with van der Waals surface area (Å²) in [4.78, 5) is 19.1. The Hall–Kier alpha value is -1.75. The van der Waals surface area contributed by atoms with Crippen LogP contribution in [0, 0.1) is 5.92 Å². The van der Waals surface area contributed by atoms with Crippen molar-refractivity contribution >= 4 is 11.6 Å². The van der Waals surface area contributed by atoms with Gasteiger partial charge in [-0.1, -0.05) is 6.92 Å². The van der Waals surface area contributed by atoms with Gasteiger partial charge in [0.1, 0.15) is 5.75 Å². The van der Waals surface area contributed by atoms with E-state index in [1.165, 1.54) is 6.42 Å². The second-order valence-electron chi connectivity index (χ2n) is 6.87. The van der Waals surface area contributed by atoms with Crippen LogP contribution in [0.5, 0.6) is 5.75 Å². The van der Waals surface area contributed by atoms with Crippen LogP contribution >= 0.6 is 0 Å². The number of phenolic OH excluding ortho intramolecular Hbond substituents is 1. The summed E-state index contributed by atoms with van der Waals surface area (Å²) in [6.07, 6.45) is 2.39. The molecule has 2 fully saturated rings. The molecule has 1 aromatic rings. The number of anilines is 1. The van der Waals surface area contributed by atoms with Gasteiger partial charge in [-0.3, -0.25) is 9.69 Å². The predicted octanol–water partition coefficient (Wildman–Crippen LogP) is 1.77. The summed E-state index contributed by atoms with van der Waals surface area (Å²) in [5.41, 5.74) is 1.14. The summed E-state index contributed by atoms with van der Waals surface area (Å²) in [7, 11) is 0. The molecule has 1 aromatic carbocycles. The molecule has 1 amide bonds. The maximum atomic E-state index is 12.4. The number of nitrogens with zero attached hydrogens (tertiary/aromatic N) is 3. The van der Waals surface area contributed by atoms with Gasteiger partial charge in [-0.15, -0.1) is 0 Å². The summed E-state index contributed by atoms with van der Waals surface area (Å²) >= 11 is 0. The second-order valence-corrected chi connectivity index (χ2v) is 6.87. The molecule has 0 bridgehead atoms. The van der Waals surface area contributed by atoms with E-state index in [2.05, 4.69) is 16.7 Å². The van der Waals surface area contributed by atoms with Gasteiger partial charge in [-0.2, -0.15) is 0 Å². The molecular formula is C18H27N3O2. The highest BCUT2D eigenvalue weighted by Gasteiger charge is 2.24. The van der Waals surface area contributed by atoms with E-state index in [1.807, 2.05) is 17.0 Å². The molecule has 126 valence electrons. The van der Waals surface area contributed by atoms with Crippen molar-refractivity contribution in [2.45, 2.75) is 19.8 Å². The van der Waals surface area contributed by atoms with E-state index in [4.69, 9.17) is 0 Å². The molecule has 1 N–H and O–H groups in total. The number of benzene rings is 1. The van der Waals surface area contributed by atoms with Crippen LogP contribution in [0.2, 0.25) is 0 Å². The fraction of sp³-hybridized carbons (Fsp3) is 0.611. The Kier molecular flexibility index (Phi) is 5.06. The number of piperidine rings is 1. The number of rotatable bonds is 3. The maximum absolute atomic E-state index is 12.4. The molecule has 0 radical (unpaired) electrons. The Morgan fingerprint density at radius 3 is 2.48 bits per heavy atom. The average Bonchev–Trinajstić information content (AvgIpc) is 2.56. The number of amides is 1. The fourth-order valence-electron chi connectivity index (χ4n) is 3.53. The third kappa shape index (κ3) is 4.16. The molecule has 2 heterocycles. The van der Waals surface area contributed by atoms with Crippen LogP contribution in [0.15, 0.2) is 24.3 Å². The van der Waals surface area contributed by atoms with Crippen molar-refractivity contribution in [3.05, 3.63) is 24.3 Å². The van der Waals surface area contributed by atoms with Crippen LogP contribution in [-0.2, 0) is 4.79 Å². The summed E-state index contributed by atoms with van der Waals surface area (Å²) in [5, 5.41) is 9.37. The molecule has 2 saturated heterocycles. The van der Waals surface area contributed by atoms with Crippen molar-refractivity contribution in [1.29, 1.82) is 0 Å². The molecule has 5 nitrogen and oxygen atoms in total. The van der Waals surface area contributed by atoms with Gasteiger partial charge >= 0.3 is 0 Å². The van der Waals surface area contributed by atoms with Crippen molar-refractivity contribution in [3.63, 3.8) is 0 Å². The van der Waals surface area contributed by atoms with E-state index >= 15 is 0 Å². The average molecular weight is 317 g/mol. The standard InChI is InChI=1S/C18H27N3O2/c1-15-3-2-8-21(13-15)18(23)14-19-9-11-20(12-10-19)16-4-6-17(22)7-5-16/h4-7,15,22H,2-3,8-14H2,1H3/t15-/m0/s1. The molecule has 0 spiro atoms. The van der Waals surface area contributed by atoms with Crippen molar-refractivity contribution < 1.29 is 9.90 Å². The SMILES string of the molecule is C[C@H]1CCCN(C(=O)CN2CCN(c3ccc(O)cc3)CC2)C1. The number of aromatic hydroxyl groups is 1. The Bertz CT molecular complexity index is 524. The number of hydrogen-bond donors (Lipinski definition) is 1. The summed E-state index contributed by atoms with van der Waals surface area (Å²) < 4.78 is 0. The molecule has 0 aliphatic carbocycles. The molecule has 0 aromatic heterocycles. The first kappa shape index (κ1) is 16.1. The van der Waals surface area contributed by atoms with Crippen LogP contribution in [0.4, 0.5) is 5.69 Å². The molecule has 23 heavy (non-hydrogen) atoms. The van der Waals surface area contributed by atoms with E-state index in [1.54, 1.807) is 12.1 Å². The van der Waals surface area contributed by atoms with Gasteiger partial charge in [0.15, 0.2) is 0 Å². The zero-order valence-corrected chi connectivity index (χ0v) is 13.9. The van der Waals surface area contributed by atoms with Crippen LogP contribution in [-0.4, -0.2) is 66.6 Å². The Morgan fingerprint density at radius 1 is 1.13 bits per heavy atom. The lowest BCUT2D eigenvalue weighted by Gasteiger charge is -2.37. The van der Waals surface area contributed by atoms with Crippen molar-refractivity contribution in [1.82, 2.24) is 9.80 Å². The highest BCUT2D eigenvalue weighted by Crippen LogP contribution is 2.20. The lowest BCUT2D eigenvalue weighted by Crippen LogP contribution is -2.51. The summed E-state index contributed by atoms with van der Waals surface area (Å²) in [6, 6.07) is 7.35. The number of carbonyl (C=O) groups excluding carboxylic acids is 1. The van der Waals surface area contributed by atoms with E-state index in [0.717, 1.165) is 51.4 Å². The van der Waals surface area contributed by atoms with Gasteiger partial charge < -0.3 is 14.9 Å². The van der Waals surface area contributed by atoms with Crippen molar-refractivity contribution in [2.24, 2.45) is 5.92 Å². The van der Waals surface area contributed by atoms with E-state index in [9.17, 15) is 9.90 Å². The molecule has 5 heteroatoms. The molecule has 0 saturated carbocycles. The monoisotopic (exact) mass is 317 g/mol. The zero-order chi connectivity index (χ0) is 16.2. The maximum Gasteiger partial charge on any atom is 0.236 e. The summed E-state index contributed by atoms with van der Waals surface area (Å²) in [6.45, 7) is 8.31. The van der Waals surface area contributed by atoms with E-state index in [0.29, 0.717) is 18.2 Å². The minimum atomic E-state index is 0.287. The molecule has 1 atom stereocenters. The van der Waals surface area contributed by atoms with Crippen LogP contribution in [0.25, 0.3) is 0 Å². The third-order valence-corrected chi connectivity index (χ3v) is 4.96. The smallest absolute Gasteiger partial charge is 0.236 e. The molecule has 0 unspecified atom stereocenters. The van der Waals surface area contributed by atoms with Crippen LogP contribution in [0.1, 0.15) is 19.8 Å². The first-order valence-corrected chi connectivity index (χ1v) is 8.66. The highest BCUT2D eigenvalue weighted by molar-refractivity contribution is 5.78. The van der Waals surface area contributed by atoms with Gasteiger partial charge in [0, 0.05) is 45.0 Å². The van der Waals surface area contributed by atoms with E-state index < -0.39 is 0 Å². The van der Waals surface area contributed by atoms with Crippen molar-refractivity contribution in [2.75, 3.05) is 50.7 Å². The van der Waals surface area contributed by atoms with E-state index in [-0.39, 0.29) is 5.91 Å². The van der Waals surface area contributed by atoms with Crippen LogP contribution in [0.3, 0.4) is 0 Å². The van der Waals surface area contributed by atoms with Crippen molar-refractivity contribution in [3.8, 4) is 5.75 Å². The first-order valence-electron chi connectivity index (χ1n) is 8.66. The Morgan fingerprint density at radius 2 is 1.83 bits per heavy atom. The normalized spacial score (nSPS) is 23.1. The number of likely N-dealkylation sites (tertiary alicyclic amines) is 1. The lowest BCUT2D eigenvalue weighted by atomic mass is 10.0. The van der Waals surface area contributed by atoms with Gasteiger partial charge in [0.25, 0.3) is 0 Å². The molecule has 3 rings (SSSR count). The minimum absolute atomic E-state index is 0.287. The van der Waals surface area contributed by atoms with Gasteiger partial charge in [0.05, 0.1) is 6.54 Å². The van der Waals surface area contributed by atoms with Crippen LogP contribution < -0.4 is 4.90 Å². The Balaban J connectivity index is 1.47. The minimum Gasteiger partial charge on any atom is -0.508 e.